The molecule has 5 heteroatoms. The first-order valence-electron chi connectivity index (χ1n) is 10.1. The molecule has 0 aliphatic rings. The first-order chi connectivity index (χ1) is 14.6. The van der Waals surface area contributed by atoms with Crippen molar-refractivity contribution in [1.82, 2.24) is 0 Å². The summed E-state index contributed by atoms with van der Waals surface area (Å²) in [4.78, 5) is 12.6. The van der Waals surface area contributed by atoms with E-state index < -0.39 is 5.60 Å². The van der Waals surface area contributed by atoms with Crippen LogP contribution < -0.4 is 4.74 Å². The van der Waals surface area contributed by atoms with E-state index in [1.807, 2.05) is 19.1 Å². The summed E-state index contributed by atoms with van der Waals surface area (Å²) in [5.41, 5.74) is 1.70. The molecule has 0 aromatic heterocycles. The maximum Gasteiger partial charge on any atom is 0.189 e. The van der Waals surface area contributed by atoms with E-state index >= 15 is 0 Å². The quantitative estimate of drug-likeness (QED) is 0.293. The molecule has 0 atom stereocenters. The van der Waals surface area contributed by atoms with Crippen LogP contribution in [-0.4, -0.2) is 33.8 Å². The molecule has 2 aromatic carbocycles. The van der Waals surface area contributed by atoms with E-state index in [2.05, 4.69) is 0 Å². The largest absolute Gasteiger partial charge is 0.508 e. The number of phenols is 2. The number of carbonyl (C=O) groups is 1. The first-order valence-corrected chi connectivity index (χ1v) is 10.1. The van der Waals surface area contributed by atoms with E-state index in [0.29, 0.717) is 24.2 Å². The minimum Gasteiger partial charge on any atom is -0.508 e. The molecule has 164 valence electrons. The van der Waals surface area contributed by atoms with Crippen molar-refractivity contribution >= 4 is 11.9 Å². The van der Waals surface area contributed by atoms with Gasteiger partial charge in [0, 0.05) is 5.56 Å². The van der Waals surface area contributed by atoms with Crippen LogP contribution in [-0.2, 0) is 6.42 Å². The Balaban J connectivity index is 2.21. The molecule has 31 heavy (non-hydrogen) atoms. The number of phenolic OH excluding ortho intramolecular Hbond substituents is 2. The number of ether oxygens (including phenoxy) is 1. The van der Waals surface area contributed by atoms with E-state index in [-0.39, 0.29) is 22.8 Å². The zero-order valence-corrected chi connectivity index (χ0v) is 18.4. The zero-order valence-electron chi connectivity index (χ0n) is 18.4. The van der Waals surface area contributed by atoms with Gasteiger partial charge in [-0.25, -0.2) is 0 Å². The number of methoxy groups -OCH3 is 1. The van der Waals surface area contributed by atoms with Gasteiger partial charge in [0.1, 0.15) is 17.2 Å². The number of aliphatic hydroxyl groups is 1. The van der Waals surface area contributed by atoms with Gasteiger partial charge < -0.3 is 20.1 Å². The number of carbonyl (C=O) groups excluding carboxylic acids is 1. The Bertz CT molecular complexity index is 990. The van der Waals surface area contributed by atoms with Crippen LogP contribution in [0.2, 0.25) is 0 Å². The van der Waals surface area contributed by atoms with Gasteiger partial charge in [-0.2, -0.15) is 0 Å². The van der Waals surface area contributed by atoms with Gasteiger partial charge in [0.05, 0.1) is 18.3 Å². The molecule has 0 saturated heterocycles. The molecule has 5 nitrogen and oxygen atoms in total. The molecule has 0 radical (unpaired) electrons. The summed E-state index contributed by atoms with van der Waals surface area (Å²) in [7, 11) is 1.52. The van der Waals surface area contributed by atoms with Gasteiger partial charge in [-0.1, -0.05) is 42.0 Å². The van der Waals surface area contributed by atoms with E-state index in [1.54, 1.807) is 62.4 Å². The van der Waals surface area contributed by atoms with Gasteiger partial charge in [0.25, 0.3) is 0 Å². The highest BCUT2D eigenvalue weighted by atomic mass is 16.5. The van der Waals surface area contributed by atoms with E-state index in [0.717, 1.165) is 11.1 Å². The van der Waals surface area contributed by atoms with Crippen LogP contribution >= 0.6 is 0 Å². The van der Waals surface area contributed by atoms with Crippen molar-refractivity contribution < 1.29 is 24.9 Å². The summed E-state index contributed by atoms with van der Waals surface area (Å²) in [5, 5.41) is 29.9. The molecule has 3 N–H and O–H groups in total. The fourth-order valence-electron chi connectivity index (χ4n) is 2.95. The predicted octanol–water partition coefficient (Wildman–Crippen LogP) is 5.21. The lowest BCUT2D eigenvalue weighted by molar-refractivity contribution is 0.104. The number of rotatable bonds is 9. The fraction of sp³-hybridized carbons (Fsp3) is 0.269. The van der Waals surface area contributed by atoms with Crippen molar-refractivity contribution in [3.63, 3.8) is 0 Å². The molecule has 0 heterocycles. The van der Waals surface area contributed by atoms with Crippen molar-refractivity contribution in [3.8, 4) is 17.2 Å². The van der Waals surface area contributed by atoms with Gasteiger partial charge in [-0.3, -0.25) is 4.79 Å². The topological polar surface area (TPSA) is 87.0 Å². The Morgan fingerprint density at radius 2 is 1.77 bits per heavy atom. The molecule has 2 aromatic rings. The Labute approximate surface area is 183 Å². The van der Waals surface area contributed by atoms with Gasteiger partial charge >= 0.3 is 0 Å². The van der Waals surface area contributed by atoms with E-state index in [1.165, 1.54) is 13.2 Å². The average molecular weight is 423 g/mol. The Morgan fingerprint density at radius 3 is 2.39 bits per heavy atom. The maximum atomic E-state index is 12.6. The molecule has 0 fully saturated rings. The van der Waals surface area contributed by atoms with Crippen LogP contribution in [0, 0.1) is 0 Å². The summed E-state index contributed by atoms with van der Waals surface area (Å²) >= 11 is 0. The van der Waals surface area contributed by atoms with E-state index in [9.17, 15) is 20.1 Å². The van der Waals surface area contributed by atoms with Crippen molar-refractivity contribution in [2.75, 3.05) is 7.11 Å². The highest BCUT2D eigenvalue weighted by Gasteiger charge is 2.16. The third-order valence-corrected chi connectivity index (χ3v) is 4.67. The normalized spacial score (nSPS) is 12.6. The number of hydrogen-bond donors (Lipinski definition) is 3. The molecule has 0 spiro atoms. The minimum atomic E-state index is -0.857. The van der Waals surface area contributed by atoms with Crippen LogP contribution in [0.4, 0.5) is 0 Å². The predicted molar refractivity (Wildman–Crippen MR) is 124 cm³/mol. The number of aromatic hydroxyl groups is 2. The summed E-state index contributed by atoms with van der Waals surface area (Å²) in [6.45, 7) is 5.39. The number of hydrogen-bond acceptors (Lipinski definition) is 5. The lowest BCUT2D eigenvalue weighted by Crippen LogP contribution is -2.13. The van der Waals surface area contributed by atoms with Crippen LogP contribution in [0.25, 0.3) is 6.08 Å². The smallest absolute Gasteiger partial charge is 0.189 e. The van der Waals surface area contributed by atoms with Gasteiger partial charge in [0.15, 0.2) is 5.78 Å². The lowest BCUT2D eigenvalue weighted by Gasteiger charge is -2.12. The van der Waals surface area contributed by atoms with Crippen molar-refractivity contribution in [3.05, 3.63) is 83.0 Å². The summed E-state index contributed by atoms with van der Waals surface area (Å²) in [5.74, 6) is 0.228. The number of benzene rings is 2. The number of ketones is 1. The van der Waals surface area contributed by atoms with Crippen molar-refractivity contribution in [2.24, 2.45) is 0 Å². The molecule has 0 amide bonds. The molecule has 0 aliphatic carbocycles. The summed E-state index contributed by atoms with van der Waals surface area (Å²) < 4.78 is 5.37. The van der Waals surface area contributed by atoms with Crippen LogP contribution in [0.1, 0.15) is 48.7 Å². The van der Waals surface area contributed by atoms with Crippen LogP contribution in [0.3, 0.4) is 0 Å². The maximum absolute atomic E-state index is 12.6. The van der Waals surface area contributed by atoms with Crippen molar-refractivity contribution in [2.45, 2.75) is 39.2 Å². The second-order valence-electron chi connectivity index (χ2n) is 7.95. The third-order valence-electron chi connectivity index (χ3n) is 4.67. The summed E-state index contributed by atoms with van der Waals surface area (Å²) in [6.07, 6.45) is 9.69. The zero-order chi connectivity index (χ0) is 23.0. The second-order valence-corrected chi connectivity index (χ2v) is 7.95. The van der Waals surface area contributed by atoms with Gasteiger partial charge in [-0.15, -0.1) is 0 Å². The number of allylic oxidation sites excluding steroid dienone is 4. The summed E-state index contributed by atoms with van der Waals surface area (Å²) in [6, 6.07) is 9.69. The molecular weight excluding hydrogens is 392 g/mol. The third kappa shape index (κ3) is 7.46. The first kappa shape index (κ1) is 24.0. The molecular formula is C26H30O5. The van der Waals surface area contributed by atoms with Crippen molar-refractivity contribution in [1.29, 1.82) is 0 Å². The Hall–Kier alpha value is -3.31. The van der Waals surface area contributed by atoms with Gasteiger partial charge in [0.2, 0.25) is 0 Å². The highest BCUT2D eigenvalue weighted by Crippen LogP contribution is 2.33. The monoisotopic (exact) mass is 422 g/mol. The fourth-order valence-corrected chi connectivity index (χ4v) is 2.95. The molecule has 2 rings (SSSR count). The lowest BCUT2D eigenvalue weighted by atomic mass is 9.99. The highest BCUT2D eigenvalue weighted by molar-refractivity contribution is 6.09. The van der Waals surface area contributed by atoms with E-state index in [4.69, 9.17) is 4.74 Å². The second kappa shape index (κ2) is 10.6. The molecule has 0 unspecified atom stereocenters. The van der Waals surface area contributed by atoms with Gasteiger partial charge in [-0.05, 0) is 69.5 Å². The molecule has 0 saturated carbocycles. The molecule has 0 bridgehead atoms. The molecule has 0 aliphatic heterocycles. The Kier molecular flexibility index (Phi) is 8.22. The van der Waals surface area contributed by atoms with Crippen LogP contribution in [0.15, 0.2) is 66.3 Å². The Morgan fingerprint density at radius 1 is 1.10 bits per heavy atom. The minimum absolute atomic E-state index is 0.101. The van der Waals surface area contributed by atoms with Crippen LogP contribution in [0.5, 0.6) is 17.2 Å². The standard InChI is InChI=1S/C26H30O5/c1-18(6-5-17-26(2,3)30)7-13-22-24(31-4)16-14-21(25(22)29)23(28)15-10-19-8-11-20(27)12-9-19/h5,7-12,14-17,27,29-30H,6,13H2,1-4H3/b15-10+,17-5+,18-7+. The average Bonchev–Trinajstić information content (AvgIpc) is 2.71. The SMILES string of the molecule is COc1ccc(C(=O)/C=C/c2ccc(O)cc2)c(O)c1C/C=C(\C)C/C=C/C(C)(C)O.